The standard InChI is InChI=1S/C12H12ClFN2O/c1-3-5-9(4-2)16-12(17)10-6-8(14)7-15-11(10)13/h1,6-7,9H,4-5H2,2H3,(H,16,17). The quantitative estimate of drug-likeness (QED) is 0.662. The minimum Gasteiger partial charge on any atom is -0.348 e. The Morgan fingerprint density at radius 3 is 3.06 bits per heavy atom. The van der Waals surface area contributed by atoms with E-state index in [9.17, 15) is 9.18 Å². The van der Waals surface area contributed by atoms with Crippen LogP contribution in [0.15, 0.2) is 12.3 Å². The Kier molecular flexibility index (Phi) is 4.92. The van der Waals surface area contributed by atoms with Crippen molar-refractivity contribution in [1.29, 1.82) is 0 Å². The lowest BCUT2D eigenvalue weighted by Crippen LogP contribution is -2.34. The van der Waals surface area contributed by atoms with Crippen molar-refractivity contribution in [2.24, 2.45) is 0 Å². The highest BCUT2D eigenvalue weighted by Gasteiger charge is 2.15. The van der Waals surface area contributed by atoms with Gasteiger partial charge in [-0.25, -0.2) is 9.37 Å². The molecule has 1 N–H and O–H groups in total. The van der Waals surface area contributed by atoms with Crippen molar-refractivity contribution < 1.29 is 9.18 Å². The van der Waals surface area contributed by atoms with Gasteiger partial charge >= 0.3 is 0 Å². The third-order valence-electron chi connectivity index (χ3n) is 2.24. The first kappa shape index (κ1) is 13.5. The summed E-state index contributed by atoms with van der Waals surface area (Å²) in [6.07, 6.45) is 7.24. The van der Waals surface area contributed by atoms with E-state index >= 15 is 0 Å². The smallest absolute Gasteiger partial charge is 0.254 e. The molecule has 1 rings (SSSR count). The molecule has 17 heavy (non-hydrogen) atoms. The molecule has 0 aliphatic carbocycles. The van der Waals surface area contributed by atoms with Crippen molar-refractivity contribution >= 4 is 17.5 Å². The number of halogens is 2. The summed E-state index contributed by atoms with van der Waals surface area (Å²) in [7, 11) is 0. The number of rotatable bonds is 4. The Bertz CT molecular complexity index is 456. The van der Waals surface area contributed by atoms with Crippen LogP contribution in [0.4, 0.5) is 4.39 Å². The number of nitrogens with one attached hydrogen (secondary N) is 1. The van der Waals surface area contributed by atoms with Crippen LogP contribution in [0, 0.1) is 18.2 Å². The SMILES string of the molecule is C#CCC(CC)NC(=O)c1cc(F)cnc1Cl. The second-order valence-corrected chi connectivity index (χ2v) is 3.84. The molecule has 5 heteroatoms. The number of amides is 1. The first-order valence-corrected chi connectivity index (χ1v) is 5.51. The van der Waals surface area contributed by atoms with Gasteiger partial charge in [0.15, 0.2) is 0 Å². The van der Waals surface area contributed by atoms with Crippen LogP contribution in [0.2, 0.25) is 5.15 Å². The van der Waals surface area contributed by atoms with Gasteiger partial charge in [0.05, 0.1) is 11.8 Å². The predicted molar refractivity (Wildman–Crippen MR) is 64.2 cm³/mol. The fourth-order valence-corrected chi connectivity index (χ4v) is 1.47. The molecule has 0 radical (unpaired) electrons. The minimum atomic E-state index is -0.607. The highest BCUT2D eigenvalue weighted by atomic mass is 35.5. The zero-order chi connectivity index (χ0) is 12.8. The second-order valence-electron chi connectivity index (χ2n) is 3.48. The number of pyridine rings is 1. The average Bonchev–Trinajstić information content (AvgIpc) is 2.31. The minimum absolute atomic E-state index is 0.0159. The Morgan fingerprint density at radius 1 is 1.76 bits per heavy atom. The largest absolute Gasteiger partial charge is 0.348 e. The molecule has 0 aromatic carbocycles. The predicted octanol–water partition coefficient (Wildman–Crippen LogP) is 2.41. The molecule has 0 aliphatic heterocycles. The summed E-state index contributed by atoms with van der Waals surface area (Å²) in [4.78, 5) is 15.4. The van der Waals surface area contributed by atoms with Crippen LogP contribution in [-0.4, -0.2) is 16.9 Å². The summed E-state index contributed by atoms with van der Waals surface area (Å²) >= 11 is 5.72. The number of carbonyl (C=O) groups excluding carboxylic acids is 1. The molecule has 0 saturated heterocycles. The molecule has 3 nitrogen and oxygen atoms in total. The molecular weight excluding hydrogens is 243 g/mol. The molecule has 1 atom stereocenters. The summed E-state index contributed by atoms with van der Waals surface area (Å²) in [5.74, 6) is 1.39. The molecule has 0 saturated carbocycles. The lowest BCUT2D eigenvalue weighted by atomic mass is 10.1. The Hall–Kier alpha value is -1.60. The summed E-state index contributed by atoms with van der Waals surface area (Å²) in [5.41, 5.74) is 0.0159. The first-order chi connectivity index (χ1) is 8.08. The molecular formula is C12H12ClFN2O. The summed E-state index contributed by atoms with van der Waals surface area (Å²) < 4.78 is 12.9. The normalized spacial score (nSPS) is 11.6. The zero-order valence-electron chi connectivity index (χ0n) is 9.34. The number of carbonyl (C=O) groups is 1. The van der Waals surface area contributed by atoms with Crippen molar-refractivity contribution in [1.82, 2.24) is 10.3 Å². The van der Waals surface area contributed by atoms with Crippen molar-refractivity contribution in [3.05, 3.63) is 28.8 Å². The van der Waals surface area contributed by atoms with Gasteiger partial charge < -0.3 is 5.32 Å². The number of terminal acetylenes is 1. The average molecular weight is 255 g/mol. The van der Waals surface area contributed by atoms with Crippen molar-refractivity contribution in [2.45, 2.75) is 25.8 Å². The van der Waals surface area contributed by atoms with Gasteiger partial charge in [0.25, 0.3) is 5.91 Å². The second kappa shape index (κ2) is 6.21. The van der Waals surface area contributed by atoms with Crippen LogP contribution >= 0.6 is 11.6 Å². The molecule has 90 valence electrons. The van der Waals surface area contributed by atoms with Crippen molar-refractivity contribution in [3.63, 3.8) is 0 Å². The van der Waals surface area contributed by atoms with Crippen molar-refractivity contribution in [3.8, 4) is 12.3 Å². The van der Waals surface area contributed by atoms with Gasteiger partial charge in [-0.1, -0.05) is 18.5 Å². The van der Waals surface area contributed by atoms with E-state index < -0.39 is 11.7 Å². The molecule has 0 fully saturated rings. The topological polar surface area (TPSA) is 42.0 Å². The maximum absolute atomic E-state index is 12.9. The molecule has 1 heterocycles. The van der Waals surface area contributed by atoms with E-state index in [-0.39, 0.29) is 16.8 Å². The zero-order valence-corrected chi connectivity index (χ0v) is 10.1. The van der Waals surface area contributed by atoms with E-state index in [1.54, 1.807) is 0 Å². The molecule has 0 bridgehead atoms. The lowest BCUT2D eigenvalue weighted by Gasteiger charge is -2.14. The van der Waals surface area contributed by atoms with Crippen LogP contribution in [0.25, 0.3) is 0 Å². The number of nitrogens with zero attached hydrogens (tertiary/aromatic N) is 1. The van der Waals surface area contributed by atoms with Crippen molar-refractivity contribution in [2.75, 3.05) is 0 Å². The van der Waals surface area contributed by atoms with Gasteiger partial charge in [-0.15, -0.1) is 12.3 Å². The monoisotopic (exact) mass is 254 g/mol. The van der Waals surface area contributed by atoms with Crippen LogP contribution < -0.4 is 5.32 Å². The van der Waals surface area contributed by atoms with Crippen LogP contribution in [-0.2, 0) is 0 Å². The summed E-state index contributed by atoms with van der Waals surface area (Å²) in [5, 5.41) is 2.65. The summed E-state index contributed by atoms with van der Waals surface area (Å²) in [6.45, 7) is 1.90. The fourth-order valence-electron chi connectivity index (χ4n) is 1.28. The highest BCUT2D eigenvalue weighted by molar-refractivity contribution is 6.32. The lowest BCUT2D eigenvalue weighted by molar-refractivity contribution is 0.0936. The molecule has 1 unspecified atom stereocenters. The third-order valence-corrected chi connectivity index (χ3v) is 2.54. The van der Waals surface area contributed by atoms with Crippen LogP contribution in [0.5, 0.6) is 0 Å². The van der Waals surface area contributed by atoms with Crippen LogP contribution in [0.3, 0.4) is 0 Å². The Morgan fingerprint density at radius 2 is 2.47 bits per heavy atom. The van der Waals surface area contributed by atoms with Gasteiger partial charge in [-0.3, -0.25) is 4.79 Å². The Balaban J connectivity index is 2.82. The van der Waals surface area contributed by atoms with Gasteiger partial charge in [-0.2, -0.15) is 0 Å². The maximum Gasteiger partial charge on any atom is 0.254 e. The molecule has 1 aromatic heterocycles. The van der Waals surface area contributed by atoms with Gasteiger partial charge in [0, 0.05) is 12.5 Å². The van der Waals surface area contributed by atoms with Gasteiger partial charge in [-0.05, 0) is 12.5 Å². The molecule has 0 aliphatic rings. The number of aromatic nitrogens is 1. The fraction of sp³-hybridized carbons (Fsp3) is 0.333. The van der Waals surface area contributed by atoms with E-state index in [1.165, 1.54) is 0 Å². The van der Waals surface area contributed by atoms with E-state index in [1.807, 2.05) is 6.92 Å². The molecule has 0 spiro atoms. The number of hydrogen-bond donors (Lipinski definition) is 1. The Labute approximate surface area is 104 Å². The highest BCUT2D eigenvalue weighted by Crippen LogP contribution is 2.14. The van der Waals surface area contributed by atoms with E-state index in [0.29, 0.717) is 12.8 Å². The van der Waals surface area contributed by atoms with E-state index in [4.69, 9.17) is 18.0 Å². The van der Waals surface area contributed by atoms with Gasteiger partial charge in [0.1, 0.15) is 11.0 Å². The number of hydrogen-bond acceptors (Lipinski definition) is 2. The van der Waals surface area contributed by atoms with E-state index in [0.717, 1.165) is 12.3 Å². The van der Waals surface area contributed by atoms with Crippen LogP contribution in [0.1, 0.15) is 30.1 Å². The first-order valence-electron chi connectivity index (χ1n) is 5.13. The van der Waals surface area contributed by atoms with E-state index in [2.05, 4.69) is 16.2 Å². The maximum atomic E-state index is 12.9. The molecule has 1 aromatic rings. The summed E-state index contributed by atoms with van der Waals surface area (Å²) in [6, 6.07) is 0.902. The third kappa shape index (κ3) is 3.72. The van der Waals surface area contributed by atoms with Gasteiger partial charge in [0.2, 0.25) is 0 Å². The molecule has 1 amide bonds.